The minimum atomic E-state index is 0.120. The van der Waals surface area contributed by atoms with Crippen LogP contribution in [0.2, 0.25) is 0 Å². The molecule has 2 rings (SSSR count). The maximum atomic E-state index is 5.72. The molecule has 0 heterocycles. The van der Waals surface area contributed by atoms with E-state index in [4.69, 9.17) is 17.0 Å². The Morgan fingerprint density at radius 2 is 1.76 bits per heavy atom. The van der Waals surface area contributed by atoms with Gasteiger partial charge in [0.2, 0.25) is 0 Å². The molecule has 0 spiro atoms. The highest BCUT2D eigenvalue weighted by Gasteiger charge is 2.05. The van der Waals surface area contributed by atoms with E-state index in [9.17, 15) is 0 Å². The van der Waals surface area contributed by atoms with Crippen molar-refractivity contribution in [3.05, 3.63) is 60.2 Å². The van der Waals surface area contributed by atoms with Crippen molar-refractivity contribution in [3.8, 4) is 5.75 Å². The first-order valence-corrected chi connectivity index (χ1v) is 7.36. The van der Waals surface area contributed by atoms with Crippen LogP contribution in [-0.4, -0.2) is 17.8 Å². The van der Waals surface area contributed by atoms with Crippen LogP contribution in [0, 0.1) is 6.92 Å². The fraction of sp³-hybridized carbons (Fsp3) is 0.235. The Morgan fingerprint density at radius 3 is 2.43 bits per heavy atom. The second-order valence-corrected chi connectivity index (χ2v) is 5.40. The molecule has 1 unspecified atom stereocenters. The van der Waals surface area contributed by atoms with Crippen LogP contribution >= 0.6 is 12.2 Å². The Bertz CT molecular complexity index is 569. The molecular weight excluding hydrogens is 280 g/mol. The van der Waals surface area contributed by atoms with Gasteiger partial charge in [-0.25, -0.2) is 0 Å². The van der Waals surface area contributed by atoms with Gasteiger partial charge < -0.3 is 15.4 Å². The topological polar surface area (TPSA) is 33.3 Å². The van der Waals surface area contributed by atoms with Gasteiger partial charge in [0.15, 0.2) is 5.11 Å². The number of rotatable bonds is 5. The summed E-state index contributed by atoms with van der Waals surface area (Å²) in [6, 6.07) is 18.0. The standard InChI is InChI=1S/C17H20N2OS/c1-13-8-10-16(11-9-13)20-12-14(2)18-17(21)19-15-6-4-3-5-7-15/h3-11,14H,12H2,1-2H3,(H2,18,19,21). The van der Waals surface area contributed by atoms with Crippen molar-refractivity contribution >= 4 is 23.0 Å². The summed E-state index contributed by atoms with van der Waals surface area (Å²) in [7, 11) is 0. The molecule has 110 valence electrons. The number of anilines is 1. The zero-order valence-electron chi connectivity index (χ0n) is 12.3. The van der Waals surface area contributed by atoms with Gasteiger partial charge in [0.1, 0.15) is 12.4 Å². The predicted octanol–water partition coefficient (Wildman–Crippen LogP) is 3.75. The molecule has 0 saturated heterocycles. The highest BCUT2D eigenvalue weighted by atomic mass is 32.1. The van der Waals surface area contributed by atoms with Crippen LogP contribution in [0.5, 0.6) is 5.75 Å². The SMILES string of the molecule is Cc1ccc(OCC(C)NC(=S)Nc2ccccc2)cc1. The third-order valence-corrected chi connectivity index (χ3v) is 3.15. The highest BCUT2D eigenvalue weighted by Crippen LogP contribution is 2.11. The summed E-state index contributed by atoms with van der Waals surface area (Å²) < 4.78 is 5.72. The number of benzene rings is 2. The molecule has 2 aromatic rings. The number of thiocarbonyl (C=S) groups is 1. The number of ether oxygens (including phenoxy) is 1. The summed E-state index contributed by atoms with van der Waals surface area (Å²) in [4.78, 5) is 0. The van der Waals surface area contributed by atoms with Gasteiger partial charge in [0, 0.05) is 5.69 Å². The van der Waals surface area contributed by atoms with Gasteiger partial charge >= 0.3 is 0 Å². The second kappa shape index (κ2) is 7.64. The van der Waals surface area contributed by atoms with Crippen LogP contribution < -0.4 is 15.4 Å². The lowest BCUT2D eigenvalue weighted by Crippen LogP contribution is -2.39. The highest BCUT2D eigenvalue weighted by molar-refractivity contribution is 7.80. The van der Waals surface area contributed by atoms with E-state index in [0.717, 1.165) is 11.4 Å². The molecule has 0 aliphatic carbocycles. The van der Waals surface area contributed by atoms with Crippen LogP contribution in [0.3, 0.4) is 0 Å². The predicted molar refractivity (Wildman–Crippen MR) is 91.9 cm³/mol. The van der Waals surface area contributed by atoms with Crippen molar-refractivity contribution in [1.29, 1.82) is 0 Å². The molecule has 2 aromatic carbocycles. The van der Waals surface area contributed by atoms with Gasteiger partial charge in [-0.2, -0.15) is 0 Å². The molecule has 3 nitrogen and oxygen atoms in total. The minimum Gasteiger partial charge on any atom is -0.491 e. The smallest absolute Gasteiger partial charge is 0.171 e. The number of hydrogen-bond donors (Lipinski definition) is 2. The van der Waals surface area contributed by atoms with E-state index in [2.05, 4.69) is 17.6 Å². The van der Waals surface area contributed by atoms with Gasteiger partial charge in [0.25, 0.3) is 0 Å². The average molecular weight is 300 g/mol. The van der Waals surface area contributed by atoms with E-state index in [1.165, 1.54) is 5.56 Å². The molecule has 0 aliphatic heterocycles. The summed E-state index contributed by atoms with van der Waals surface area (Å²) in [5.41, 5.74) is 2.20. The van der Waals surface area contributed by atoms with Crippen LogP contribution in [0.4, 0.5) is 5.69 Å². The third-order valence-electron chi connectivity index (χ3n) is 2.93. The summed E-state index contributed by atoms with van der Waals surface area (Å²) in [6.45, 7) is 4.65. The van der Waals surface area contributed by atoms with E-state index < -0.39 is 0 Å². The van der Waals surface area contributed by atoms with Crippen LogP contribution in [0.25, 0.3) is 0 Å². The molecule has 2 N–H and O–H groups in total. The van der Waals surface area contributed by atoms with E-state index in [1.54, 1.807) is 0 Å². The zero-order chi connectivity index (χ0) is 15.1. The summed E-state index contributed by atoms with van der Waals surface area (Å²) in [5.74, 6) is 0.871. The summed E-state index contributed by atoms with van der Waals surface area (Å²) in [6.07, 6.45) is 0. The van der Waals surface area contributed by atoms with E-state index in [-0.39, 0.29) is 6.04 Å². The molecule has 0 bridgehead atoms. The van der Waals surface area contributed by atoms with Crippen molar-refractivity contribution < 1.29 is 4.74 Å². The maximum Gasteiger partial charge on any atom is 0.171 e. The first-order valence-electron chi connectivity index (χ1n) is 6.95. The first kappa shape index (κ1) is 15.3. The first-order chi connectivity index (χ1) is 10.1. The van der Waals surface area contributed by atoms with Crippen LogP contribution in [0.1, 0.15) is 12.5 Å². The number of para-hydroxylation sites is 1. The lowest BCUT2D eigenvalue weighted by molar-refractivity contribution is 0.287. The normalized spacial score (nSPS) is 11.5. The molecule has 0 aliphatic rings. The van der Waals surface area contributed by atoms with E-state index in [1.807, 2.05) is 61.5 Å². The molecular formula is C17H20N2OS. The Hall–Kier alpha value is -2.07. The fourth-order valence-corrected chi connectivity index (χ4v) is 2.13. The minimum absolute atomic E-state index is 0.120. The molecule has 0 saturated carbocycles. The van der Waals surface area contributed by atoms with Gasteiger partial charge in [-0.1, -0.05) is 35.9 Å². The van der Waals surface area contributed by atoms with E-state index >= 15 is 0 Å². The Morgan fingerprint density at radius 1 is 1.10 bits per heavy atom. The van der Waals surface area contributed by atoms with E-state index in [0.29, 0.717) is 11.7 Å². The summed E-state index contributed by atoms with van der Waals surface area (Å²) in [5, 5.41) is 6.95. The maximum absolute atomic E-state index is 5.72. The largest absolute Gasteiger partial charge is 0.491 e. The Kier molecular flexibility index (Phi) is 5.58. The van der Waals surface area contributed by atoms with Gasteiger partial charge in [-0.05, 0) is 50.3 Å². The average Bonchev–Trinajstić information content (AvgIpc) is 2.47. The Labute approximate surface area is 131 Å². The van der Waals surface area contributed by atoms with Gasteiger partial charge in [-0.15, -0.1) is 0 Å². The molecule has 21 heavy (non-hydrogen) atoms. The quantitative estimate of drug-likeness (QED) is 0.824. The molecule has 1 atom stereocenters. The van der Waals surface area contributed by atoms with Gasteiger partial charge in [0.05, 0.1) is 6.04 Å². The molecule has 0 radical (unpaired) electrons. The number of nitrogens with one attached hydrogen (secondary N) is 2. The zero-order valence-corrected chi connectivity index (χ0v) is 13.1. The lowest BCUT2D eigenvalue weighted by Gasteiger charge is -2.17. The Balaban J connectivity index is 1.75. The number of hydrogen-bond acceptors (Lipinski definition) is 2. The molecule has 0 aromatic heterocycles. The number of aryl methyl sites for hydroxylation is 1. The fourth-order valence-electron chi connectivity index (χ4n) is 1.81. The molecule has 0 amide bonds. The van der Waals surface area contributed by atoms with Gasteiger partial charge in [-0.3, -0.25) is 0 Å². The third kappa shape index (κ3) is 5.44. The van der Waals surface area contributed by atoms with Crippen LogP contribution in [0.15, 0.2) is 54.6 Å². The molecule has 0 fully saturated rings. The van der Waals surface area contributed by atoms with Crippen molar-refractivity contribution in [3.63, 3.8) is 0 Å². The van der Waals surface area contributed by atoms with Crippen molar-refractivity contribution in [2.24, 2.45) is 0 Å². The van der Waals surface area contributed by atoms with Crippen molar-refractivity contribution in [2.45, 2.75) is 19.9 Å². The van der Waals surface area contributed by atoms with Crippen molar-refractivity contribution in [1.82, 2.24) is 5.32 Å². The van der Waals surface area contributed by atoms with Crippen molar-refractivity contribution in [2.75, 3.05) is 11.9 Å². The monoisotopic (exact) mass is 300 g/mol. The second-order valence-electron chi connectivity index (χ2n) is 4.99. The molecule has 4 heteroatoms. The summed E-state index contributed by atoms with van der Waals surface area (Å²) >= 11 is 5.28. The van der Waals surface area contributed by atoms with Crippen LogP contribution in [-0.2, 0) is 0 Å². The lowest BCUT2D eigenvalue weighted by atomic mass is 10.2.